The summed E-state index contributed by atoms with van der Waals surface area (Å²) in [6, 6.07) is 2.19. The van der Waals surface area contributed by atoms with E-state index >= 15 is 0 Å². The molecule has 15 heavy (non-hydrogen) atoms. The molecule has 2 nitrogen and oxygen atoms in total. The van der Waals surface area contributed by atoms with Gasteiger partial charge in [-0.1, -0.05) is 6.92 Å². The van der Waals surface area contributed by atoms with E-state index in [2.05, 4.69) is 42.6 Å². The Morgan fingerprint density at radius 2 is 2.20 bits per heavy atom. The van der Waals surface area contributed by atoms with Crippen LogP contribution in [0, 0.1) is 6.92 Å². The lowest BCUT2D eigenvalue weighted by molar-refractivity contribution is 0.332. The molecule has 1 rings (SSSR count). The fraction of sp³-hybridized carbons (Fsp3) is 0.667. The first kappa shape index (κ1) is 12.7. The minimum atomic E-state index is 1.02. The van der Waals surface area contributed by atoms with Gasteiger partial charge < -0.3 is 10.2 Å². The molecule has 0 unspecified atom stereocenters. The molecule has 0 atom stereocenters. The maximum atomic E-state index is 3.49. The van der Waals surface area contributed by atoms with Crippen LogP contribution in [0.5, 0.6) is 0 Å². The molecule has 0 radical (unpaired) electrons. The Balaban J connectivity index is 2.09. The largest absolute Gasteiger partial charge is 0.311 e. The third-order valence-electron chi connectivity index (χ3n) is 2.53. The van der Waals surface area contributed by atoms with Crippen molar-refractivity contribution in [3.8, 4) is 0 Å². The van der Waals surface area contributed by atoms with Gasteiger partial charge in [-0.3, -0.25) is 0 Å². The Labute approximate surface area is 97.3 Å². The average Bonchev–Trinajstić information content (AvgIpc) is 2.60. The van der Waals surface area contributed by atoms with E-state index in [1.807, 2.05) is 11.3 Å². The van der Waals surface area contributed by atoms with E-state index in [1.54, 1.807) is 0 Å². The van der Waals surface area contributed by atoms with E-state index in [0.717, 1.165) is 19.6 Å². The average molecular weight is 226 g/mol. The van der Waals surface area contributed by atoms with E-state index in [9.17, 15) is 0 Å². The van der Waals surface area contributed by atoms with E-state index in [4.69, 9.17) is 0 Å². The van der Waals surface area contributed by atoms with Gasteiger partial charge in [0.25, 0.3) is 0 Å². The highest BCUT2D eigenvalue weighted by molar-refractivity contribution is 7.10. The molecular weight excluding hydrogens is 204 g/mol. The Hall–Kier alpha value is -0.380. The van der Waals surface area contributed by atoms with Gasteiger partial charge in [-0.2, -0.15) is 0 Å². The van der Waals surface area contributed by atoms with E-state index < -0.39 is 0 Å². The third kappa shape index (κ3) is 4.78. The van der Waals surface area contributed by atoms with Crippen molar-refractivity contribution in [2.75, 3.05) is 26.7 Å². The Morgan fingerprint density at radius 1 is 1.40 bits per heavy atom. The Kier molecular flexibility index (Phi) is 5.91. The van der Waals surface area contributed by atoms with Crippen molar-refractivity contribution in [2.24, 2.45) is 0 Å². The van der Waals surface area contributed by atoms with E-state index in [-0.39, 0.29) is 0 Å². The molecule has 1 heterocycles. The highest BCUT2D eigenvalue weighted by Gasteiger charge is 1.99. The summed E-state index contributed by atoms with van der Waals surface area (Å²) in [4.78, 5) is 3.84. The molecule has 1 aromatic rings. The number of nitrogens with one attached hydrogen (secondary N) is 1. The van der Waals surface area contributed by atoms with Crippen LogP contribution in [0.1, 0.15) is 23.8 Å². The van der Waals surface area contributed by atoms with Crippen molar-refractivity contribution in [3.05, 3.63) is 21.9 Å². The van der Waals surface area contributed by atoms with Gasteiger partial charge in [-0.25, -0.2) is 0 Å². The molecule has 0 bridgehead atoms. The first-order valence-corrected chi connectivity index (χ1v) is 6.54. The second-order valence-corrected chi connectivity index (χ2v) is 5.01. The van der Waals surface area contributed by atoms with Gasteiger partial charge in [0.15, 0.2) is 0 Å². The molecule has 0 fully saturated rings. The number of rotatable bonds is 7. The van der Waals surface area contributed by atoms with Crippen molar-refractivity contribution in [3.63, 3.8) is 0 Å². The van der Waals surface area contributed by atoms with Crippen LogP contribution in [0.15, 0.2) is 11.4 Å². The standard InChI is InChI=1S/C12H22N2S/c1-4-7-14(3)8-6-13-10-12-11(2)5-9-15-12/h5,9,13H,4,6-8,10H2,1-3H3. The minimum Gasteiger partial charge on any atom is -0.311 e. The fourth-order valence-corrected chi connectivity index (χ4v) is 2.43. The fourth-order valence-electron chi connectivity index (χ4n) is 1.55. The number of thiophene rings is 1. The molecule has 3 heteroatoms. The smallest absolute Gasteiger partial charge is 0.0302 e. The van der Waals surface area contributed by atoms with Gasteiger partial charge >= 0.3 is 0 Å². The minimum absolute atomic E-state index is 1.02. The van der Waals surface area contributed by atoms with Crippen molar-refractivity contribution < 1.29 is 0 Å². The maximum Gasteiger partial charge on any atom is 0.0302 e. The third-order valence-corrected chi connectivity index (χ3v) is 3.55. The SMILES string of the molecule is CCCN(C)CCNCc1sccc1C. The van der Waals surface area contributed by atoms with Gasteiger partial charge in [0, 0.05) is 24.5 Å². The molecule has 0 aliphatic heterocycles. The van der Waals surface area contributed by atoms with E-state index in [1.165, 1.54) is 23.4 Å². The number of likely N-dealkylation sites (N-methyl/N-ethyl adjacent to an activating group) is 1. The van der Waals surface area contributed by atoms with Gasteiger partial charge in [0.2, 0.25) is 0 Å². The molecule has 1 N–H and O–H groups in total. The molecule has 0 spiro atoms. The zero-order chi connectivity index (χ0) is 11.1. The second-order valence-electron chi connectivity index (χ2n) is 4.01. The quantitative estimate of drug-likeness (QED) is 0.719. The van der Waals surface area contributed by atoms with Crippen LogP contribution >= 0.6 is 11.3 Å². The van der Waals surface area contributed by atoms with Crippen LogP contribution in [0.3, 0.4) is 0 Å². The summed E-state index contributed by atoms with van der Waals surface area (Å²) in [5.41, 5.74) is 1.41. The molecule has 1 aromatic heterocycles. The molecule has 0 saturated carbocycles. The van der Waals surface area contributed by atoms with Crippen molar-refractivity contribution in [1.82, 2.24) is 10.2 Å². The lowest BCUT2D eigenvalue weighted by Crippen LogP contribution is -2.29. The number of aryl methyl sites for hydroxylation is 1. The van der Waals surface area contributed by atoms with Crippen LogP contribution in [-0.4, -0.2) is 31.6 Å². The first-order chi connectivity index (χ1) is 7.24. The summed E-state index contributed by atoms with van der Waals surface area (Å²) in [6.45, 7) is 8.82. The summed E-state index contributed by atoms with van der Waals surface area (Å²) in [6.07, 6.45) is 1.24. The maximum absolute atomic E-state index is 3.49. The van der Waals surface area contributed by atoms with Gasteiger partial charge in [-0.15, -0.1) is 11.3 Å². The molecule has 86 valence electrons. The normalized spacial score (nSPS) is 11.2. The summed E-state index contributed by atoms with van der Waals surface area (Å²) in [5.74, 6) is 0. The predicted molar refractivity (Wildman–Crippen MR) is 68.6 cm³/mol. The topological polar surface area (TPSA) is 15.3 Å². The van der Waals surface area contributed by atoms with Crippen molar-refractivity contribution >= 4 is 11.3 Å². The Morgan fingerprint density at radius 3 is 2.80 bits per heavy atom. The van der Waals surface area contributed by atoms with E-state index in [0.29, 0.717) is 0 Å². The predicted octanol–water partition coefficient (Wildman–Crippen LogP) is 2.49. The van der Waals surface area contributed by atoms with Gasteiger partial charge in [0.1, 0.15) is 0 Å². The summed E-state index contributed by atoms with van der Waals surface area (Å²) < 4.78 is 0. The highest BCUT2D eigenvalue weighted by atomic mass is 32.1. The zero-order valence-electron chi connectivity index (χ0n) is 10.0. The van der Waals surface area contributed by atoms with Crippen molar-refractivity contribution in [2.45, 2.75) is 26.8 Å². The molecule has 0 aliphatic carbocycles. The van der Waals surface area contributed by atoms with Crippen LogP contribution in [-0.2, 0) is 6.54 Å². The van der Waals surface area contributed by atoms with Crippen molar-refractivity contribution in [1.29, 1.82) is 0 Å². The number of nitrogens with zero attached hydrogens (tertiary/aromatic N) is 1. The molecular formula is C12H22N2S. The van der Waals surface area contributed by atoms with Crippen LogP contribution in [0.2, 0.25) is 0 Å². The summed E-state index contributed by atoms with van der Waals surface area (Å²) in [7, 11) is 2.18. The summed E-state index contributed by atoms with van der Waals surface area (Å²) >= 11 is 1.84. The van der Waals surface area contributed by atoms with Crippen LogP contribution in [0.4, 0.5) is 0 Å². The van der Waals surface area contributed by atoms with Gasteiger partial charge in [-0.05, 0) is 43.9 Å². The molecule has 0 amide bonds. The molecule has 0 aliphatic rings. The van der Waals surface area contributed by atoms with Crippen LogP contribution in [0.25, 0.3) is 0 Å². The van der Waals surface area contributed by atoms with Crippen LogP contribution < -0.4 is 5.32 Å². The monoisotopic (exact) mass is 226 g/mol. The molecule has 0 aromatic carbocycles. The molecule has 0 saturated heterocycles. The first-order valence-electron chi connectivity index (χ1n) is 5.66. The Bertz CT molecular complexity index is 270. The zero-order valence-corrected chi connectivity index (χ0v) is 10.9. The van der Waals surface area contributed by atoms with Gasteiger partial charge in [0.05, 0.1) is 0 Å². The lowest BCUT2D eigenvalue weighted by atomic mass is 10.3. The number of hydrogen-bond acceptors (Lipinski definition) is 3. The highest BCUT2D eigenvalue weighted by Crippen LogP contribution is 2.14. The lowest BCUT2D eigenvalue weighted by Gasteiger charge is -2.15. The second kappa shape index (κ2) is 6.99. The summed E-state index contributed by atoms with van der Waals surface area (Å²) in [5, 5.41) is 5.65. The number of hydrogen-bond donors (Lipinski definition) is 1.